The maximum Gasteiger partial charge on any atom is 0.291 e. The number of nitrogens with zero attached hydrogens (tertiary/aromatic N) is 2. The van der Waals surface area contributed by atoms with Crippen molar-refractivity contribution >= 4 is 34.2 Å². The summed E-state index contributed by atoms with van der Waals surface area (Å²) in [5.74, 6) is -0.0588. The molecule has 0 atom stereocenters. The van der Waals surface area contributed by atoms with Crippen LogP contribution in [0.4, 0.5) is 5.69 Å². The first-order valence-electron chi connectivity index (χ1n) is 5.60. The number of para-hydroxylation sites is 2. The van der Waals surface area contributed by atoms with Crippen LogP contribution in [0.2, 0.25) is 5.15 Å². The number of aromatic nitrogens is 3. The lowest BCUT2D eigenvalue weighted by Crippen LogP contribution is -2.13. The van der Waals surface area contributed by atoms with Crippen LogP contribution in [0.15, 0.2) is 42.6 Å². The van der Waals surface area contributed by atoms with E-state index < -0.39 is 0 Å². The molecular formula is C13H9ClN4O. The Balaban J connectivity index is 1.85. The zero-order valence-corrected chi connectivity index (χ0v) is 10.5. The van der Waals surface area contributed by atoms with Gasteiger partial charge in [0.05, 0.1) is 22.9 Å². The van der Waals surface area contributed by atoms with E-state index in [1.54, 1.807) is 12.1 Å². The summed E-state index contributed by atoms with van der Waals surface area (Å²) in [6.07, 6.45) is 1.49. The van der Waals surface area contributed by atoms with Crippen LogP contribution in [0.5, 0.6) is 0 Å². The van der Waals surface area contributed by atoms with E-state index in [-0.39, 0.29) is 11.7 Å². The molecule has 2 aromatic heterocycles. The van der Waals surface area contributed by atoms with Crippen molar-refractivity contribution in [3.63, 3.8) is 0 Å². The van der Waals surface area contributed by atoms with Crippen molar-refractivity contribution in [1.29, 1.82) is 0 Å². The Morgan fingerprint density at radius 3 is 2.79 bits per heavy atom. The van der Waals surface area contributed by atoms with Crippen molar-refractivity contribution in [2.75, 3.05) is 5.32 Å². The van der Waals surface area contributed by atoms with E-state index in [9.17, 15) is 4.79 Å². The summed E-state index contributed by atoms with van der Waals surface area (Å²) in [6.45, 7) is 0. The Bertz CT molecular complexity index is 703. The van der Waals surface area contributed by atoms with Gasteiger partial charge in [-0.1, -0.05) is 23.7 Å². The number of carbonyl (C=O) groups excluding carboxylic acids is 1. The van der Waals surface area contributed by atoms with Gasteiger partial charge >= 0.3 is 0 Å². The van der Waals surface area contributed by atoms with E-state index >= 15 is 0 Å². The van der Waals surface area contributed by atoms with Gasteiger partial charge in [0.15, 0.2) is 5.82 Å². The summed E-state index contributed by atoms with van der Waals surface area (Å²) < 4.78 is 0. The number of nitrogens with one attached hydrogen (secondary N) is 2. The van der Waals surface area contributed by atoms with Gasteiger partial charge in [-0.3, -0.25) is 4.79 Å². The number of benzene rings is 1. The number of H-pyrrole nitrogens is 1. The van der Waals surface area contributed by atoms with Crippen LogP contribution in [0.1, 0.15) is 10.6 Å². The average molecular weight is 273 g/mol. The van der Waals surface area contributed by atoms with Crippen LogP contribution < -0.4 is 5.32 Å². The monoisotopic (exact) mass is 272 g/mol. The fourth-order valence-corrected chi connectivity index (χ4v) is 1.81. The van der Waals surface area contributed by atoms with E-state index in [0.717, 1.165) is 11.0 Å². The van der Waals surface area contributed by atoms with Crippen LogP contribution in [0, 0.1) is 0 Å². The highest BCUT2D eigenvalue weighted by Gasteiger charge is 2.11. The lowest BCUT2D eigenvalue weighted by Gasteiger charge is -2.01. The van der Waals surface area contributed by atoms with Gasteiger partial charge in [-0.25, -0.2) is 9.97 Å². The Morgan fingerprint density at radius 2 is 2.05 bits per heavy atom. The molecule has 1 aromatic carbocycles. The van der Waals surface area contributed by atoms with Gasteiger partial charge in [0.25, 0.3) is 5.91 Å². The molecular weight excluding hydrogens is 264 g/mol. The molecule has 0 aliphatic heterocycles. The molecule has 0 unspecified atom stereocenters. The maximum absolute atomic E-state index is 12.0. The molecule has 3 aromatic rings. The fraction of sp³-hybridized carbons (Fsp3) is 0. The fourth-order valence-electron chi connectivity index (χ4n) is 1.70. The molecule has 5 nitrogen and oxygen atoms in total. The number of rotatable bonds is 2. The van der Waals surface area contributed by atoms with Crippen molar-refractivity contribution in [3.05, 3.63) is 53.6 Å². The molecule has 1 amide bonds. The van der Waals surface area contributed by atoms with Crippen LogP contribution in [0.3, 0.4) is 0 Å². The first-order valence-corrected chi connectivity index (χ1v) is 5.98. The minimum absolute atomic E-state index is 0.260. The zero-order valence-electron chi connectivity index (χ0n) is 9.72. The molecule has 0 saturated carbocycles. The van der Waals surface area contributed by atoms with Crippen LogP contribution in [-0.4, -0.2) is 20.9 Å². The van der Waals surface area contributed by atoms with Crippen molar-refractivity contribution in [3.8, 4) is 0 Å². The normalized spacial score (nSPS) is 10.6. The summed E-state index contributed by atoms with van der Waals surface area (Å²) in [6, 6.07) is 10.7. The summed E-state index contributed by atoms with van der Waals surface area (Å²) >= 11 is 5.68. The number of imidazole rings is 1. The Hall–Kier alpha value is -2.40. The number of aromatic amines is 1. The molecule has 0 fully saturated rings. The van der Waals surface area contributed by atoms with Crippen molar-refractivity contribution in [1.82, 2.24) is 15.0 Å². The smallest absolute Gasteiger partial charge is 0.291 e. The highest BCUT2D eigenvalue weighted by Crippen LogP contribution is 2.13. The minimum atomic E-state index is -0.319. The molecule has 0 spiro atoms. The van der Waals surface area contributed by atoms with Crippen molar-refractivity contribution in [2.45, 2.75) is 0 Å². The Labute approximate surface area is 113 Å². The van der Waals surface area contributed by atoms with E-state index in [0.29, 0.717) is 10.8 Å². The molecule has 2 N–H and O–H groups in total. The molecule has 0 radical (unpaired) electrons. The second-order valence-corrected chi connectivity index (χ2v) is 4.31. The third-order valence-corrected chi connectivity index (χ3v) is 2.81. The quantitative estimate of drug-likeness (QED) is 0.705. The van der Waals surface area contributed by atoms with Crippen molar-refractivity contribution in [2.24, 2.45) is 0 Å². The molecule has 6 heteroatoms. The van der Waals surface area contributed by atoms with Gasteiger partial charge in [0, 0.05) is 0 Å². The largest absolute Gasteiger partial charge is 0.334 e. The number of hydrogen-bond donors (Lipinski definition) is 2. The number of pyridine rings is 1. The van der Waals surface area contributed by atoms with Crippen LogP contribution >= 0.6 is 11.6 Å². The first kappa shape index (κ1) is 11.7. The third-order valence-electron chi connectivity index (χ3n) is 2.59. The predicted molar refractivity (Wildman–Crippen MR) is 73.3 cm³/mol. The number of hydrogen-bond acceptors (Lipinski definition) is 3. The van der Waals surface area contributed by atoms with E-state index in [4.69, 9.17) is 11.6 Å². The summed E-state index contributed by atoms with van der Waals surface area (Å²) in [5.41, 5.74) is 2.14. The maximum atomic E-state index is 12.0. The van der Waals surface area contributed by atoms with Crippen molar-refractivity contribution < 1.29 is 4.79 Å². The van der Waals surface area contributed by atoms with Gasteiger partial charge in [-0.05, 0) is 24.3 Å². The standard InChI is InChI=1S/C13H9ClN4O/c14-11-6-5-8(7-15-11)16-13(19)12-17-9-3-1-2-4-10(9)18-12/h1-7H,(H,16,19)(H,17,18). The number of amides is 1. The first-order chi connectivity index (χ1) is 9.22. The predicted octanol–water partition coefficient (Wildman–Crippen LogP) is 2.86. The molecule has 2 heterocycles. The number of anilines is 1. The number of halogens is 1. The Kier molecular flexibility index (Phi) is 2.89. The van der Waals surface area contributed by atoms with Gasteiger partial charge in [-0.15, -0.1) is 0 Å². The molecule has 19 heavy (non-hydrogen) atoms. The minimum Gasteiger partial charge on any atom is -0.334 e. The molecule has 0 aliphatic carbocycles. The van der Waals surface area contributed by atoms with Gasteiger partial charge < -0.3 is 10.3 Å². The van der Waals surface area contributed by atoms with E-state index in [1.807, 2.05) is 24.3 Å². The average Bonchev–Trinajstić information content (AvgIpc) is 2.85. The topological polar surface area (TPSA) is 70.7 Å². The second-order valence-electron chi connectivity index (χ2n) is 3.93. The molecule has 3 rings (SSSR count). The molecule has 94 valence electrons. The van der Waals surface area contributed by atoms with E-state index in [1.165, 1.54) is 6.20 Å². The zero-order chi connectivity index (χ0) is 13.2. The highest BCUT2D eigenvalue weighted by atomic mass is 35.5. The number of carbonyl (C=O) groups is 1. The van der Waals surface area contributed by atoms with Crippen LogP contribution in [0.25, 0.3) is 11.0 Å². The molecule has 0 aliphatic rings. The van der Waals surface area contributed by atoms with Crippen LogP contribution in [-0.2, 0) is 0 Å². The molecule has 0 bridgehead atoms. The summed E-state index contributed by atoms with van der Waals surface area (Å²) in [5, 5.41) is 3.07. The lowest BCUT2D eigenvalue weighted by molar-refractivity contribution is 0.101. The SMILES string of the molecule is O=C(Nc1ccc(Cl)nc1)c1nc2ccccc2[nH]1. The van der Waals surface area contributed by atoms with Gasteiger partial charge in [0.1, 0.15) is 5.15 Å². The highest BCUT2D eigenvalue weighted by molar-refractivity contribution is 6.29. The third kappa shape index (κ3) is 2.41. The Morgan fingerprint density at radius 1 is 1.21 bits per heavy atom. The summed E-state index contributed by atoms with van der Waals surface area (Å²) in [7, 11) is 0. The number of fused-ring (bicyclic) bond motifs is 1. The van der Waals surface area contributed by atoms with E-state index in [2.05, 4.69) is 20.3 Å². The second kappa shape index (κ2) is 4.70. The lowest BCUT2D eigenvalue weighted by atomic mass is 10.3. The van der Waals surface area contributed by atoms with Gasteiger partial charge in [0.2, 0.25) is 0 Å². The molecule has 0 saturated heterocycles. The van der Waals surface area contributed by atoms with Gasteiger partial charge in [-0.2, -0.15) is 0 Å². The summed E-state index contributed by atoms with van der Waals surface area (Å²) in [4.78, 5) is 23.1.